The number of rotatable bonds is 4. The number of ether oxygens (including phenoxy) is 1. The number of nitrogens with two attached hydrogens (primary N) is 1. The minimum absolute atomic E-state index is 0.520. The second-order valence-corrected chi connectivity index (χ2v) is 5.47. The third kappa shape index (κ3) is 3.36. The van der Waals surface area contributed by atoms with Gasteiger partial charge in [0.2, 0.25) is 5.88 Å². The number of halogens is 1. The van der Waals surface area contributed by atoms with Gasteiger partial charge >= 0.3 is 0 Å². The van der Waals surface area contributed by atoms with Crippen LogP contribution in [0.5, 0.6) is 5.88 Å². The first-order valence-corrected chi connectivity index (χ1v) is 7.01. The van der Waals surface area contributed by atoms with Crippen LogP contribution in [0.4, 0.5) is 5.69 Å². The normalized spacial score (nSPS) is 10.3. The van der Waals surface area contributed by atoms with Crippen LogP contribution in [0.25, 0.3) is 0 Å². The number of nitrogens with zero attached hydrogens (tertiary/aromatic N) is 2. The Balaban J connectivity index is 2.02. The molecule has 1 aromatic carbocycles. The van der Waals surface area contributed by atoms with Crippen LogP contribution in [0.2, 0.25) is 0 Å². The molecule has 2 N–H and O–H groups in total. The van der Waals surface area contributed by atoms with Crippen molar-refractivity contribution >= 4 is 33.4 Å². The van der Waals surface area contributed by atoms with Gasteiger partial charge in [0.25, 0.3) is 0 Å². The van der Waals surface area contributed by atoms with Crippen molar-refractivity contribution in [1.29, 1.82) is 0 Å². The predicted molar refractivity (Wildman–Crippen MR) is 76.7 cm³/mol. The SMILES string of the molecule is COc1ccc(CSc2ccc(Br)cc2N)nn1. The van der Waals surface area contributed by atoms with Crippen molar-refractivity contribution in [1.82, 2.24) is 10.2 Å². The number of hydrogen-bond donors (Lipinski definition) is 1. The van der Waals surface area contributed by atoms with Crippen LogP contribution in [0.3, 0.4) is 0 Å². The quantitative estimate of drug-likeness (QED) is 0.691. The number of benzene rings is 1. The second kappa shape index (κ2) is 6.06. The molecule has 0 fully saturated rings. The summed E-state index contributed by atoms with van der Waals surface area (Å²) in [5.74, 6) is 1.25. The Hall–Kier alpha value is -1.27. The summed E-state index contributed by atoms with van der Waals surface area (Å²) in [5.41, 5.74) is 7.58. The van der Waals surface area contributed by atoms with Crippen molar-refractivity contribution < 1.29 is 4.74 Å². The average Bonchev–Trinajstić information content (AvgIpc) is 2.38. The fourth-order valence-corrected chi connectivity index (χ4v) is 2.56. The van der Waals surface area contributed by atoms with Crippen LogP contribution in [-0.4, -0.2) is 17.3 Å². The van der Waals surface area contributed by atoms with Crippen molar-refractivity contribution in [3.63, 3.8) is 0 Å². The zero-order valence-electron chi connectivity index (χ0n) is 9.76. The number of hydrogen-bond acceptors (Lipinski definition) is 5. The minimum atomic E-state index is 0.520. The predicted octanol–water partition coefficient (Wildman–Crippen LogP) is 3.12. The van der Waals surface area contributed by atoms with E-state index >= 15 is 0 Å². The molecule has 0 atom stereocenters. The highest BCUT2D eigenvalue weighted by atomic mass is 79.9. The molecule has 0 bridgehead atoms. The molecule has 2 aromatic rings. The Labute approximate surface area is 118 Å². The molecule has 1 aromatic heterocycles. The Bertz CT molecular complexity index is 533. The van der Waals surface area contributed by atoms with E-state index in [-0.39, 0.29) is 0 Å². The summed E-state index contributed by atoms with van der Waals surface area (Å²) in [7, 11) is 1.57. The van der Waals surface area contributed by atoms with E-state index in [0.29, 0.717) is 5.88 Å². The molecule has 0 aliphatic rings. The molecule has 94 valence electrons. The van der Waals surface area contributed by atoms with E-state index in [9.17, 15) is 0 Å². The molecule has 0 saturated heterocycles. The van der Waals surface area contributed by atoms with E-state index in [1.165, 1.54) is 0 Å². The van der Waals surface area contributed by atoms with Gasteiger partial charge in [0.05, 0.1) is 12.8 Å². The molecule has 18 heavy (non-hydrogen) atoms. The van der Waals surface area contributed by atoms with Crippen LogP contribution in [-0.2, 0) is 5.75 Å². The summed E-state index contributed by atoms with van der Waals surface area (Å²) in [6, 6.07) is 9.54. The summed E-state index contributed by atoms with van der Waals surface area (Å²) >= 11 is 5.02. The van der Waals surface area contributed by atoms with Gasteiger partial charge in [-0.05, 0) is 24.3 Å². The summed E-state index contributed by atoms with van der Waals surface area (Å²) in [6.07, 6.45) is 0. The topological polar surface area (TPSA) is 61.0 Å². The van der Waals surface area contributed by atoms with E-state index in [4.69, 9.17) is 10.5 Å². The molecule has 2 rings (SSSR count). The van der Waals surface area contributed by atoms with Gasteiger partial charge < -0.3 is 10.5 Å². The maximum absolute atomic E-state index is 5.92. The van der Waals surface area contributed by atoms with Crippen LogP contribution in [0.1, 0.15) is 5.69 Å². The van der Waals surface area contributed by atoms with Gasteiger partial charge in [-0.3, -0.25) is 0 Å². The maximum atomic E-state index is 5.92. The van der Waals surface area contributed by atoms with Gasteiger partial charge in [0.1, 0.15) is 0 Å². The molecule has 0 spiro atoms. The van der Waals surface area contributed by atoms with Crippen LogP contribution < -0.4 is 10.5 Å². The lowest BCUT2D eigenvalue weighted by Crippen LogP contribution is -1.94. The van der Waals surface area contributed by atoms with E-state index < -0.39 is 0 Å². The lowest BCUT2D eigenvalue weighted by atomic mass is 10.3. The fraction of sp³-hybridized carbons (Fsp3) is 0.167. The zero-order chi connectivity index (χ0) is 13.0. The monoisotopic (exact) mass is 325 g/mol. The van der Waals surface area contributed by atoms with Crippen molar-refractivity contribution in [2.45, 2.75) is 10.6 Å². The van der Waals surface area contributed by atoms with Gasteiger partial charge in [-0.2, -0.15) is 5.10 Å². The molecular weight excluding hydrogens is 314 g/mol. The number of aromatic nitrogens is 2. The first-order chi connectivity index (χ1) is 8.69. The Morgan fingerprint density at radius 1 is 1.28 bits per heavy atom. The van der Waals surface area contributed by atoms with Gasteiger partial charge in [-0.25, -0.2) is 0 Å². The van der Waals surface area contributed by atoms with Gasteiger partial charge in [-0.15, -0.1) is 16.9 Å². The largest absolute Gasteiger partial charge is 0.480 e. The van der Waals surface area contributed by atoms with E-state index in [0.717, 1.165) is 26.5 Å². The first kappa shape index (κ1) is 13.2. The summed E-state index contributed by atoms with van der Waals surface area (Å²) < 4.78 is 5.94. The number of anilines is 1. The van der Waals surface area contributed by atoms with Crippen molar-refractivity contribution in [2.24, 2.45) is 0 Å². The number of methoxy groups -OCH3 is 1. The van der Waals surface area contributed by atoms with Crippen molar-refractivity contribution in [2.75, 3.05) is 12.8 Å². The standard InChI is InChI=1S/C12H12BrN3OS/c1-17-12-5-3-9(15-16-12)7-18-11-4-2-8(13)6-10(11)14/h2-6H,7,14H2,1H3. The highest BCUT2D eigenvalue weighted by Crippen LogP contribution is 2.29. The third-order valence-electron chi connectivity index (χ3n) is 2.25. The summed E-state index contributed by atoms with van der Waals surface area (Å²) in [4.78, 5) is 1.04. The molecular formula is C12H12BrN3OS. The Morgan fingerprint density at radius 3 is 2.72 bits per heavy atom. The second-order valence-electron chi connectivity index (χ2n) is 3.54. The van der Waals surface area contributed by atoms with Gasteiger partial charge in [0.15, 0.2) is 0 Å². The minimum Gasteiger partial charge on any atom is -0.480 e. The van der Waals surface area contributed by atoms with E-state index in [1.54, 1.807) is 24.9 Å². The molecule has 0 amide bonds. The highest BCUT2D eigenvalue weighted by molar-refractivity contribution is 9.10. The van der Waals surface area contributed by atoms with Gasteiger partial charge in [-0.1, -0.05) is 15.9 Å². The molecule has 0 aliphatic heterocycles. The average molecular weight is 326 g/mol. The lowest BCUT2D eigenvalue weighted by Gasteiger charge is -2.05. The Kier molecular flexibility index (Phi) is 4.43. The zero-order valence-corrected chi connectivity index (χ0v) is 12.2. The van der Waals surface area contributed by atoms with Crippen molar-refractivity contribution in [3.05, 3.63) is 40.5 Å². The molecule has 0 aliphatic carbocycles. The molecule has 6 heteroatoms. The first-order valence-electron chi connectivity index (χ1n) is 5.23. The summed E-state index contributed by atoms with van der Waals surface area (Å²) in [6.45, 7) is 0. The van der Waals surface area contributed by atoms with Crippen LogP contribution in [0.15, 0.2) is 39.7 Å². The summed E-state index contributed by atoms with van der Waals surface area (Å²) in [5, 5.41) is 7.99. The molecule has 0 radical (unpaired) electrons. The van der Waals surface area contributed by atoms with E-state index in [1.807, 2.05) is 24.3 Å². The lowest BCUT2D eigenvalue weighted by molar-refractivity contribution is 0.391. The maximum Gasteiger partial charge on any atom is 0.233 e. The highest BCUT2D eigenvalue weighted by Gasteiger charge is 2.03. The van der Waals surface area contributed by atoms with Crippen LogP contribution in [0, 0.1) is 0 Å². The van der Waals surface area contributed by atoms with Gasteiger partial charge in [0, 0.05) is 26.9 Å². The smallest absolute Gasteiger partial charge is 0.233 e. The molecule has 4 nitrogen and oxygen atoms in total. The molecule has 0 unspecified atom stereocenters. The van der Waals surface area contributed by atoms with Crippen molar-refractivity contribution in [3.8, 4) is 5.88 Å². The Morgan fingerprint density at radius 2 is 2.11 bits per heavy atom. The number of thioether (sulfide) groups is 1. The fourth-order valence-electron chi connectivity index (χ4n) is 1.34. The number of nitrogen functional groups attached to an aromatic ring is 1. The third-order valence-corrected chi connectivity index (χ3v) is 3.87. The van der Waals surface area contributed by atoms with Crippen LogP contribution >= 0.6 is 27.7 Å². The van der Waals surface area contributed by atoms with E-state index in [2.05, 4.69) is 26.1 Å². The molecule has 0 saturated carbocycles. The molecule has 1 heterocycles.